The van der Waals surface area contributed by atoms with Crippen LogP contribution in [0.25, 0.3) is 5.95 Å². The quantitative estimate of drug-likeness (QED) is 0.684. The van der Waals surface area contributed by atoms with Gasteiger partial charge in [-0.2, -0.15) is 0 Å². The lowest BCUT2D eigenvalue weighted by Crippen LogP contribution is -2.10. The van der Waals surface area contributed by atoms with E-state index in [0.29, 0.717) is 11.6 Å². The molecule has 76 valence electrons. The molecular formula is C10H9N3O2. The molecule has 0 unspecified atom stereocenters. The monoisotopic (exact) mass is 203 g/mol. The number of esters is 1. The molecular weight excluding hydrogens is 194 g/mol. The molecule has 15 heavy (non-hydrogen) atoms. The maximum Gasteiger partial charge on any atom is 0.355 e. The Morgan fingerprint density at radius 3 is 2.73 bits per heavy atom. The van der Waals surface area contributed by atoms with Crippen molar-refractivity contribution in [1.29, 1.82) is 0 Å². The molecule has 0 aliphatic rings. The van der Waals surface area contributed by atoms with Crippen LogP contribution in [0.1, 0.15) is 10.5 Å². The van der Waals surface area contributed by atoms with Crippen LogP contribution in [0.15, 0.2) is 36.8 Å². The van der Waals surface area contributed by atoms with Crippen LogP contribution >= 0.6 is 0 Å². The molecule has 2 aromatic rings. The number of carbonyl (C=O) groups is 1. The van der Waals surface area contributed by atoms with Crippen molar-refractivity contribution >= 4 is 5.97 Å². The number of rotatable bonds is 2. The van der Waals surface area contributed by atoms with Crippen molar-refractivity contribution in [2.24, 2.45) is 0 Å². The minimum Gasteiger partial charge on any atom is -0.464 e. The highest BCUT2D eigenvalue weighted by Crippen LogP contribution is 2.08. The number of hydrogen-bond donors (Lipinski definition) is 0. The first-order valence-electron chi connectivity index (χ1n) is 4.36. The van der Waals surface area contributed by atoms with Crippen LogP contribution in [0.2, 0.25) is 0 Å². The van der Waals surface area contributed by atoms with Gasteiger partial charge < -0.3 is 4.74 Å². The lowest BCUT2D eigenvalue weighted by atomic mass is 10.4. The number of aromatic nitrogens is 3. The van der Waals surface area contributed by atoms with E-state index in [2.05, 4.69) is 14.7 Å². The second kappa shape index (κ2) is 3.91. The normalized spacial score (nSPS) is 9.93. The number of carbonyl (C=O) groups excluding carboxylic acids is 1. The van der Waals surface area contributed by atoms with Crippen LogP contribution < -0.4 is 0 Å². The molecule has 0 atom stereocenters. The number of nitrogens with zero attached hydrogens (tertiary/aromatic N) is 3. The summed E-state index contributed by atoms with van der Waals surface area (Å²) in [7, 11) is 1.34. The summed E-state index contributed by atoms with van der Waals surface area (Å²) in [4.78, 5) is 19.5. The largest absolute Gasteiger partial charge is 0.464 e. The molecule has 0 aliphatic carbocycles. The Kier molecular flexibility index (Phi) is 2.45. The van der Waals surface area contributed by atoms with Gasteiger partial charge in [0.1, 0.15) is 5.69 Å². The molecule has 0 aromatic carbocycles. The average molecular weight is 203 g/mol. The smallest absolute Gasteiger partial charge is 0.355 e. The third kappa shape index (κ3) is 1.71. The molecule has 0 N–H and O–H groups in total. The number of ether oxygens (including phenoxy) is 1. The first kappa shape index (κ1) is 9.39. The second-order valence-electron chi connectivity index (χ2n) is 2.80. The van der Waals surface area contributed by atoms with E-state index in [9.17, 15) is 4.79 Å². The molecule has 0 saturated heterocycles. The Morgan fingerprint density at radius 1 is 1.33 bits per heavy atom. The van der Waals surface area contributed by atoms with Crippen LogP contribution in [0.4, 0.5) is 0 Å². The van der Waals surface area contributed by atoms with E-state index < -0.39 is 5.97 Å². The van der Waals surface area contributed by atoms with Crippen molar-refractivity contribution in [3.8, 4) is 5.95 Å². The van der Waals surface area contributed by atoms with Crippen molar-refractivity contribution in [2.75, 3.05) is 7.11 Å². The van der Waals surface area contributed by atoms with Crippen LogP contribution in [-0.2, 0) is 4.74 Å². The zero-order valence-electron chi connectivity index (χ0n) is 8.12. The standard InChI is InChI=1S/C10H9N3O2/c1-15-9(14)8-4-2-7-13(8)10-11-5-3-6-12-10/h2-7H,1H3. The second-order valence-corrected chi connectivity index (χ2v) is 2.80. The Balaban J connectivity index is 2.46. The zero-order chi connectivity index (χ0) is 10.7. The Labute approximate surface area is 86.4 Å². The van der Waals surface area contributed by atoms with E-state index in [1.165, 1.54) is 7.11 Å². The van der Waals surface area contributed by atoms with Gasteiger partial charge in [0.15, 0.2) is 0 Å². The highest BCUT2D eigenvalue weighted by atomic mass is 16.5. The minimum absolute atomic E-state index is 0.406. The highest BCUT2D eigenvalue weighted by molar-refractivity contribution is 5.88. The van der Waals surface area contributed by atoms with Gasteiger partial charge in [0, 0.05) is 18.6 Å². The predicted octanol–water partition coefficient (Wildman–Crippen LogP) is 1.05. The molecule has 0 spiro atoms. The first-order chi connectivity index (χ1) is 7.33. The maximum atomic E-state index is 11.4. The van der Waals surface area contributed by atoms with Crippen LogP contribution in [-0.4, -0.2) is 27.6 Å². The average Bonchev–Trinajstić information content (AvgIpc) is 2.78. The summed E-state index contributed by atoms with van der Waals surface area (Å²) in [5, 5.41) is 0. The molecule has 5 nitrogen and oxygen atoms in total. The molecule has 0 fully saturated rings. The van der Waals surface area contributed by atoms with Gasteiger partial charge in [-0.25, -0.2) is 14.8 Å². The summed E-state index contributed by atoms with van der Waals surface area (Å²) >= 11 is 0. The van der Waals surface area contributed by atoms with Gasteiger partial charge in [-0.15, -0.1) is 0 Å². The summed E-state index contributed by atoms with van der Waals surface area (Å²) in [6, 6.07) is 5.11. The first-order valence-corrected chi connectivity index (χ1v) is 4.36. The van der Waals surface area contributed by atoms with Crippen molar-refractivity contribution in [3.05, 3.63) is 42.5 Å². The van der Waals surface area contributed by atoms with Crippen molar-refractivity contribution in [1.82, 2.24) is 14.5 Å². The molecule has 0 saturated carbocycles. The van der Waals surface area contributed by atoms with Gasteiger partial charge >= 0.3 is 5.97 Å². The van der Waals surface area contributed by atoms with Crippen LogP contribution in [0.5, 0.6) is 0 Å². The van der Waals surface area contributed by atoms with Gasteiger partial charge in [0.2, 0.25) is 5.95 Å². The predicted molar refractivity (Wildman–Crippen MR) is 52.7 cm³/mol. The molecule has 0 aliphatic heterocycles. The molecule has 2 aromatic heterocycles. The fourth-order valence-corrected chi connectivity index (χ4v) is 1.24. The van der Waals surface area contributed by atoms with E-state index in [-0.39, 0.29) is 0 Å². The van der Waals surface area contributed by atoms with Crippen molar-refractivity contribution in [3.63, 3.8) is 0 Å². The van der Waals surface area contributed by atoms with E-state index in [1.807, 2.05) is 0 Å². The SMILES string of the molecule is COC(=O)c1cccn1-c1ncccn1. The molecule has 0 radical (unpaired) electrons. The van der Waals surface area contributed by atoms with Gasteiger partial charge in [0.25, 0.3) is 0 Å². The van der Waals surface area contributed by atoms with Gasteiger partial charge in [-0.1, -0.05) is 0 Å². The molecule has 2 heterocycles. The summed E-state index contributed by atoms with van der Waals surface area (Å²) in [6.45, 7) is 0. The lowest BCUT2D eigenvalue weighted by Gasteiger charge is -2.04. The summed E-state index contributed by atoms with van der Waals surface area (Å²) in [6.07, 6.45) is 4.94. The third-order valence-corrected chi connectivity index (χ3v) is 1.91. The van der Waals surface area contributed by atoms with Crippen LogP contribution in [0, 0.1) is 0 Å². The number of hydrogen-bond acceptors (Lipinski definition) is 4. The maximum absolute atomic E-state index is 11.4. The molecule has 0 bridgehead atoms. The van der Waals surface area contributed by atoms with Gasteiger partial charge in [-0.05, 0) is 18.2 Å². The third-order valence-electron chi connectivity index (χ3n) is 1.91. The lowest BCUT2D eigenvalue weighted by molar-refractivity contribution is 0.0591. The fourth-order valence-electron chi connectivity index (χ4n) is 1.24. The van der Waals surface area contributed by atoms with E-state index in [0.717, 1.165) is 0 Å². The molecule has 2 rings (SSSR count). The minimum atomic E-state index is -0.410. The molecule has 5 heteroatoms. The molecule has 0 amide bonds. The number of methoxy groups -OCH3 is 1. The van der Waals surface area contributed by atoms with Crippen molar-refractivity contribution < 1.29 is 9.53 Å². The van der Waals surface area contributed by atoms with Crippen LogP contribution in [0.3, 0.4) is 0 Å². The Hall–Kier alpha value is -2.17. The van der Waals surface area contributed by atoms with E-state index in [1.54, 1.807) is 41.4 Å². The Morgan fingerprint density at radius 2 is 2.07 bits per heavy atom. The summed E-state index contributed by atoms with van der Waals surface area (Å²) in [5.74, 6) is 0.0374. The fraction of sp³-hybridized carbons (Fsp3) is 0.100. The van der Waals surface area contributed by atoms with E-state index >= 15 is 0 Å². The van der Waals surface area contributed by atoms with E-state index in [4.69, 9.17) is 0 Å². The Bertz CT molecular complexity index is 465. The van der Waals surface area contributed by atoms with Gasteiger partial charge in [0.05, 0.1) is 7.11 Å². The van der Waals surface area contributed by atoms with Gasteiger partial charge in [-0.3, -0.25) is 4.57 Å². The highest BCUT2D eigenvalue weighted by Gasteiger charge is 2.12. The zero-order valence-corrected chi connectivity index (χ0v) is 8.12. The summed E-state index contributed by atoms with van der Waals surface area (Å²) in [5.41, 5.74) is 0.406. The topological polar surface area (TPSA) is 57.0 Å². The van der Waals surface area contributed by atoms with Crippen molar-refractivity contribution in [2.45, 2.75) is 0 Å². The summed E-state index contributed by atoms with van der Waals surface area (Å²) < 4.78 is 6.22.